The third-order valence-corrected chi connectivity index (χ3v) is 2.98. The normalized spacial score (nSPS) is 21.8. The summed E-state index contributed by atoms with van der Waals surface area (Å²) in [5.74, 6) is -1.11. The molecule has 1 amide bonds. The molecule has 96 valence electrons. The topological polar surface area (TPSA) is 63.7 Å². The molecule has 1 aliphatic rings. The van der Waals surface area contributed by atoms with Gasteiger partial charge in [0.25, 0.3) is 0 Å². The molecule has 17 heavy (non-hydrogen) atoms. The van der Waals surface area contributed by atoms with Crippen molar-refractivity contribution < 1.29 is 19.1 Å². The van der Waals surface area contributed by atoms with Crippen LogP contribution >= 0.6 is 0 Å². The molecule has 0 spiro atoms. The maximum atomic E-state index is 11.7. The van der Waals surface area contributed by atoms with Gasteiger partial charge in [-0.1, -0.05) is 0 Å². The predicted molar refractivity (Wildman–Crippen MR) is 61.2 cm³/mol. The Morgan fingerprint density at radius 1 is 1.35 bits per heavy atom. The molecular weight excluding hydrogens is 222 g/mol. The molecule has 5 nitrogen and oxygen atoms in total. The zero-order chi connectivity index (χ0) is 13.2. The molecule has 0 aromatic carbocycles. The SMILES string of the molecule is CC(=O)C(C)OC(=O)C1CC(=O)N(C(C)C)C1. The summed E-state index contributed by atoms with van der Waals surface area (Å²) in [4.78, 5) is 36.0. The number of amides is 1. The van der Waals surface area contributed by atoms with Crippen LogP contribution in [0.5, 0.6) is 0 Å². The number of carbonyl (C=O) groups excluding carboxylic acids is 3. The van der Waals surface area contributed by atoms with Crippen molar-refractivity contribution in [2.24, 2.45) is 5.92 Å². The highest BCUT2D eigenvalue weighted by molar-refractivity contribution is 5.88. The van der Waals surface area contributed by atoms with E-state index in [1.54, 1.807) is 4.90 Å². The number of hydrogen-bond acceptors (Lipinski definition) is 4. The van der Waals surface area contributed by atoms with Gasteiger partial charge in [0, 0.05) is 19.0 Å². The average molecular weight is 241 g/mol. The van der Waals surface area contributed by atoms with Gasteiger partial charge in [-0.3, -0.25) is 14.4 Å². The van der Waals surface area contributed by atoms with Crippen LogP contribution < -0.4 is 0 Å². The molecule has 2 unspecified atom stereocenters. The van der Waals surface area contributed by atoms with Gasteiger partial charge >= 0.3 is 5.97 Å². The average Bonchev–Trinajstić information content (AvgIpc) is 2.60. The van der Waals surface area contributed by atoms with Crippen LogP contribution in [0.4, 0.5) is 0 Å². The van der Waals surface area contributed by atoms with E-state index in [1.807, 2.05) is 13.8 Å². The van der Waals surface area contributed by atoms with Gasteiger partial charge in [0.15, 0.2) is 11.9 Å². The molecule has 0 aromatic heterocycles. The molecule has 1 saturated heterocycles. The fraction of sp³-hybridized carbons (Fsp3) is 0.750. The zero-order valence-electron chi connectivity index (χ0n) is 10.7. The van der Waals surface area contributed by atoms with Crippen LogP contribution in [0.15, 0.2) is 0 Å². The Labute approximate surface area is 101 Å². The van der Waals surface area contributed by atoms with Gasteiger partial charge in [-0.2, -0.15) is 0 Å². The van der Waals surface area contributed by atoms with Gasteiger partial charge in [-0.25, -0.2) is 0 Å². The summed E-state index contributed by atoms with van der Waals surface area (Å²) in [6.45, 7) is 7.11. The molecule has 0 radical (unpaired) electrons. The molecule has 1 fully saturated rings. The maximum absolute atomic E-state index is 11.7. The predicted octanol–water partition coefficient (Wildman–Crippen LogP) is 0.764. The van der Waals surface area contributed by atoms with E-state index in [1.165, 1.54) is 13.8 Å². The third-order valence-electron chi connectivity index (χ3n) is 2.98. The minimum Gasteiger partial charge on any atom is -0.454 e. The highest BCUT2D eigenvalue weighted by Gasteiger charge is 2.37. The fourth-order valence-corrected chi connectivity index (χ4v) is 1.74. The lowest BCUT2D eigenvalue weighted by Crippen LogP contribution is -2.33. The zero-order valence-corrected chi connectivity index (χ0v) is 10.7. The van der Waals surface area contributed by atoms with E-state index in [0.717, 1.165) is 0 Å². The molecule has 0 aliphatic carbocycles. The molecule has 1 aliphatic heterocycles. The molecule has 2 atom stereocenters. The second-order valence-corrected chi connectivity index (χ2v) is 4.73. The van der Waals surface area contributed by atoms with E-state index in [2.05, 4.69) is 0 Å². The van der Waals surface area contributed by atoms with Crippen molar-refractivity contribution in [2.45, 2.75) is 46.3 Å². The number of carbonyl (C=O) groups is 3. The van der Waals surface area contributed by atoms with Crippen molar-refractivity contribution in [2.75, 3.05) is 6.54 Å². The van der Waals surface area contributed by atoms with Gasteiger partial charge in [-0.05, 0) is 27.7 Å². The van der Waals surface area contributed by atoms with Gasteiger partial charge < -0.3 is 9.64 Å². The van der Waals surface area contributed by atoms with E-state index < -0.39 is 18.0 Å². The Hall–Kier alpha value is -1.39. The number of nitrogens with zero attached hydrogens (tertiary/aromatic N) is 1. The summed E-state index contributed by atoms with van der Waals surface area (Å²) in [5.41, 5.74) is 0. The van der Waals surface area contributed by atoms with Crippen LogP contribution in [-0.2, 0) is 19.1 Å². The number of esters is 1. The number of hydrogen-bond donors (Lipinski definition) is 0. The number of Topliss-reactive ketones (excluding diaryl/α,β-unsaturated/α-hetero) is 1. The summed E-state index contributed by atoms with van der Waals surface area (Å²) in [6, 6.07) is 0.0885. The first-order chi connectivity index (χ1) is 7.82. The van der Waals surface area contributed by atoms with Crippen molar-refractivity contribution in [1.29, 1.82) is 0 Å². The lowest BCUT2D eigenvalue weighted by Gasteiger charge is -2.20. The van der Waals surface area contributed by atoms with Crippen molar-refractivity contribution in [3.8, 4) is 0 Å². The molecule has 0 aromatic rings. The number of rotatable bonds is 4. The van der Waals surface area contributed by atoms with Gasteiger partial charge in [0.05, 0.1) is 5.92 Å². The second-order valence-electron chi connectivity index (χ2n) is 4.73. The lowest BCUT2D eigenvalue weighted by atomic mass is 10.1. The van der Waals surface area contributed by atoms with Crippen LogP contribution in [-0.4, -0.2) is 41.3 Å². The van der Waals surface area contributed by atoms with Crippen LogP contribution in [0, 0.1) is 5.92 Å². The van der Waals surface area contributed by atoms with Gasteiger partial charge in [0.2, 0.25) is 5.91 Å². The summed E-state index contributed by atoms with van der Waals surface area (Å²) < 4.78 is 5.00. The first-order valence-electron chi connectivity index (χ1n) is 5.83. The monoisotopic (exact) mass is 241 g/mol. The first kappa shape index (κ1) is 13.7. The Morgan fingerprint density at radius 2 is 1.94 bits per heavy atom. The molecule has 0 N–H and O–H groups in total. The van der Waals surface area contributed by atoms with Crippen LogP contribution in [0.2, 0.25) is 0 Å². The van der Waals surface area contributed by atoms with Crippen LogP contribution in [0.3, 0.4) is 0 Å². The van der Waals surface area contributed by atoms with Crippen molar-refractivity contribution in [1.82, 2.24) is 4.90 Å². The summed E-state index contributed by atoms with van der Waals surface area (Å²) in [5, 5.41) is 0. The highest BCUT2D eigenvalue weighted by Crippen LogP contribution is 2.21. The van der Waals surface area contributed by atoms with E-state index >= 15 is 0 Å². The fourth-order valence-electron chi connectivity index (χ4n) is 1.74. The number of likely N-dealkylation sites (tertiary alicyclic amines) is 1. The largest absolute Gasteiger partial charge is 0.454 e. The Balaban J connectivity index is 2.56. The van der Waals surface area contributed by atoms with E-state index in [-0.39, 0.29) is 24.2 Å². The van der Waals surface area contributed by atoms with E-state index in [9.17, 15) is 14.4 Å². The van der Waals surface area contributed by atoms with Gasteiger partial charge in [0.1, 0.15) is 0 Å². The summed E-state index contributed by atoms with van der Waals surface area (Å²) in [6.07, 6.45) is -0.549. The van der Waals surface area contributed by atoms with E-state index in [4.69, 9.17) is 4.74 Å². The summed E-state index contributed by atoms with van der Waals surface area (Å²) >= 11 is 0. The number of ketones is 1. The quantitative estimate of drug-likeness (QED) is 0.682. The molecule has 5 heteroatoms. The van der Waals surface area contributed by atoms with Gasteiger partial charge in [-0.15, -0.1) is 0 Å². The molecule has 0 bridgehead atoms. The highest BCUT2D eigenvalue weighted by atomic mass is 16.5. The third kappa shape index (κ3) is 3.28. The molecule has 1 rings (SSSR count). The van der Waals surface area contributed by atoms with Crippen molar-refractivity contribution in [3.63, 3.8) is 0 Å². The van der Waals surface area contributed by atoms with Crippen molar-refractivity contribution in [3.05, 3.63) is 0 Å². The Kier molecular flexibility index (Phi) is 4.26. The van der Waals surface area contributed by atoms with Crippen LogP contribution in [0.25, 0.3) is 0 Å². The van der Waals surface area contributed by atoms with Crippen LogP contribution in [0.1, 0.15) is 34.1 Å². The molecular formula is C12H19NO4. The molecule has 1 heterocycles. The van der Waals surface area contributed by atoms with Crippen molar-refractivity contribution >= 4 is 17.7 Å². The first-order valence-corrected chi connectivity index (χ1v) is 5.83. The lowest BCUT2D eigenvalue weighted by molar-refractivity contribution is -0.157. The standard InChI is InChI=1S/C12H19NO4/c1-7(2)13-6-10(5-11(13)15)12(16)17-9(4)8(3)14/h7,9-10H,5-6H2,1-4H3. The molecule has 0 saturated carbocycles. The smallest absolute Gasteiger partial charge is 0.311 e. The number of ether oxygens (including phenoxy) is 1. The summed E-state index contributed by atoms with van der Waals surface area (Å²) in [7, 11) is 0. The van der Waals surface area contributed by atoms with E-state index in [0.29, 0.717) is 6.54 Å². The maximum Gasteiger partial charge on any atom is 0.311 e. The minimum absolute atomic E-state index is 0.0302. The second kappa shape index (κ2) is 5.29. The Bertz CT molecular complexity index is 337. The Morgan fingerprint density at radius 3 is 2.35 bits per heavy atom. The minimum atomic E-state index is -0.731.